The molecule has 3 rings (SSSR count). The Labute approximate surface area is 169 Å². The summed E-state index contributed by atoms with van der Waals surface area (Å²) in [6.07, 6.45) is 4.40. The third kappa shape index (κ3) is 4.60. The highest BCUT2D eigenvalue weighted by Crippen LogP contribution is 2.26. The van der Waals surface area contributed by atoms with Crippen LogP contribution < -0.4 is 10.5 Å². The molecule has 156 valence electrons. The van der Waals surface area contributed by atoms with Crippen molar-refractivity contribution in [3.05, 3.63) is 46.3 Å². The van der Waals surface area contributed by atoms with Crippen molar-refractivity contribution < 1.29 is 9.18 Å². The van der Waals surface area contributed by atoms with E-state index in [1.54, 1.807) is 23.8 Å². The van der Waals surface area contributed by atoms with Crippen LogP contribution in [0, 0.1) is 12.7 Å². The molecule has 0 saturated carbocycles. The van der Waals surface area contributed by atoms with Crippen LogP contribution in [0.15, 0.2) is 23.5 Å². The maximum absolute atomic E-state index is 14.9. The van der Waals surface area contributed by atoms with Gasteiger partial charge in [0.1, 0.15) is 12.9 Å². The molecule has 3 heterocycles. The SMILES string of the molecule is Cc1cc(=O)n(CC(=O)N2CCCC(N(C)c3ncnc(C(C)C)c3F)C2)cn1. The zero-order valence-corrected chi connectivity index (χ0v) is 17.3. The summed E-state index contributed by atoms with van der Waals surface area (Å²) in [5.74, 6) is -0.356. The fourth-order valence-corrected chi connectivity index (χ4v) is 3.57. The van der Waals surface area contributed by atoms with Gasteiger partial charge in [-0.15, -0.1) is 0 Å². The van der Waals surface area contributed by atoms with Crippen LogP contribution in [0.25, 0.3) is 0 Å². The summed E-state index contributed by atoms with van der Waals surface area (Å²) in [6, 6.07) is 1.34. The topological polar surface area (TPSA) is 84.2 Å². The molecule has 0 aliphatic carbocycles. The number of nitrogens with zero attached hydrogens (tertiary/aromatic N) is 6. The molecule has 8 nitrogen and oxygen atoms in total. The van der Waals surface area contributed by atoms with Gasteiger partial charge in [0.05, 0.1) is 12.0 Å². The predicted octanol–water partition coefficient (Wildman–Crippen LogP) is 1.73. The van der Waals surface area contributed by atoms with Crippen molar-refractivity contribution >= 4 is 11.7 Å². The first-order chi connectivity index (χ1) is 13.8. The number of carbonyl (C=O) groups excluding carboxylic acids is 1. The molecule has 2 aromatic rings. The molecule has 0 spiro atoms. The van der Waals surface area contributed by atoms with Crippen molar-refractivity contribution in [2.45, 2.75) is 52.1 Å². The Morgan fingerprint density at radius 2 is 2.10 bits per heavy atom. The smallest absolute Gasteiger partial charge is 0.253 e. The zero-order valence-electron chi connectivity index (χ0n) is 17.3. The molecule has 0 N–H and O–H groups in total. The van der Waals surface area contributed by atoms with E-state index in [4.69, 9.17) is 0 Å². The van der Waals surface area contributed by atoms with Gasteiger partial charge in [-0.05, 0) is 25.7 Å². The highest BCUT2D eigenvalue weighted by atomic mass is 19.1. The van der Waals surface area contributed by atoms with Gasteiger partial charge in [0, 0.05) is 37.9 Å². The number of carbonyl (C=O) groups is 1. The fourth-order valence-electron chi connectivity index (χ4n) is 3.57. The maximum Gasteiger partial charge on any atom is 0.253 e. The normalized spacial score (nSPS) is 16.9. The minimum absolute atomic E-state index is 0.0454. The fraction of sp³-hybridized carbons (Fsp3) is 0.550. The standard InChI is InChI=1S/C20H27FN6O2/c1-13(2)19-18(21)20(23-11-22-19)25(4)15-6-5-7-26(9-15)17(29)10-27-12-24-14(3)8-16(27)28/h8,11-13,15H,5-7,9-10H2,1-4H3. The molecule has 0 radical (unpaired) electrons. The van der Waals surface area contributed by atoms with E-state index in [0.717, 1.165) is 12.8 Å². The van der Waals surface area contributed by atoms with Crippen molar-refractivity contribution in [1.82, 2.24) is 24.4 Å². The number of rotatable bonds is 5. The third-order valence-electron chi connectivity index (χ3n) is 5.30. The van der Waals surface area contributed by atoms with Crippen LogP contribution >= 0.6 is 0 Å². The predicted molar refractivity (Wildman–Crippen MR) is 107 cm³/mol. The maximum atomic E-state index is 14.9. The van der Waals surface area contributed by atoms with E-state index in [-0.39, 0.29) is 35.8 Å². The second-order valence-corrected chi connectivity index (χ2v) is 7.79. The van der Waals surface area contributed by atoms with Gasteiger partial charge in [0.15, 0.2) is 11.6 Å². The van der Waals surface area contributed by atoms with Crippen LogP contribution in [0.1, 0.15) is 44.0 Å². The molecule has 29 heavy (non-hydrogen) atoms. The van der Waals surface area contributed by atoms with Gasteiger partial charge in [-0.25, -0.2) is 19.3 Å². The second-order valence-electron chi connectivity index (χ2n) is 7.79. The number of amides is 1. The number of halogens is 1. The lowest BCUT2D eigenvalue weighted by Gasteiger charge is -2.38. The van der Waals surface area contributed by atoms with Crippen LogP contribution in [-0.4, -0.2) is 56.5 Å². The first kappa shape index (κ1) is 20.9. The van der Waals surface area contributed by atoms with Crippen LogP contribution in [0.5, 0.6) is 0 Å². The van der Waals surface area contributed by atoms with Gasteiger partial charge in [-0.3, -0.25) is 14.2 Å². The number of hydrogen-bond acceptors (Lipinski definition) is 6. The lowest BCUT2D eigenvalue weighted by Crippen LogP contribution is -2.50. The molecule has 0 aromatic carbocycles. The number of likely N-dealkylation sites (tertiary alicyclic amines) is 1. The molecule has 1 saturated heterocycles. The number of hydrogen-bond donors (Lipinski definition) is 0. The monoisotopic (exact) mass is 402 g/mol. The van der Waals surface area contributed by atoms with Crippen molar-refractivity contribution in [2.75, 3.05) is 25.0 Å². The Balaban J connectivity index is 1.72. The van der Waals surface area contributed by atoms with E-state index in [2.05, 4.69) is 15.0 Å². The number of likely N-dealkylation sites (N-methyl/N-ethyl adjacent to an activating group) is 1. The molecule has 0 bridgehead atoms. The first-order valence-electron chi connectivity index (χ1n) is 9.82. The molecule has 9 heteroatoms. The Kier molecular flexibility index (Phi) is 6.24. The Morgan fingerprint density at radius 1 is 1.34 bits per heavy atom. The quantitative estimate of drug-likeness (QED) is 0.757. The highest BCUT2D eigenvalue weighted by Gasteiger charge is 2.29. The van der Waals surface area contributed by atoms with Crippen molar-refractivity contribution in [3.63, 3.8) is 0 Å². The Morgan fingerprint density at radius 3 is 2.79 bits per heavy atom. The second kappa shape index (κ2) is 8.67. The molecule has 1 amide bonds. The number of piperidine rings is 1. The zero-order chi connectivity index (χ0) is 21.1. The summed E-state index contributed by atoms with van der Waals surface area (Å²) >= 11 is 0. The van der Waals surface area contributed by atoms with Crippen molar-refractivity contribution in [1.29, 1.82) is 0 Å². The Bertz CT molecular complexity index is 945. The number of anilines is 1. The summed E-state index contributed by atoms with van der Waals surface area (Å²) in [4.78, 5) is 40.6. The number of aryl methyl sites for hydroxylation is 1. The summed E-state index contributed by atoms with van der Waals surface area (Å²) in [5.41, 5.74) is 0.753. The molecule has 2 aromatic heterocycles. The average molecular weight is 402 g/mol. The molecule has 1 unspecified atom stereocenters. The Hall–Kier alpha value is -2.84. The van der Waals surface area contributed by atoms with E-state index in [1.165, 1.54) is 23.3 Å². The van der Waals surface area contributed by atoms with Crippen molar-refractivity contribution in [2.24, 2.45) is 0 Å². The van der Waals surface area contributed by atoms with Gasteiger partial charge < -0.3 is 9.80 Å². The lowest BCUT2D eigenvalue weighted by atomic mass is 10.0. The molecule has 1 aliphatic rings. The molecular formula is C20H27FN6O2. The summed E-state index contributed by atoms with van der Waals surface area (Å²) in [6.45, 7) is 6.51. The summed E-state index contributed by atoms with van der Waals surface area (Å²) < 4.78 is 16.2. The van der Waals surface area contributed by atoms with Gasteiger partial charge >= 0.3 is 0 Å². The van der Waals surface area contributed by atoms with Gasteiger partial charge in [0.2, 0.25) is 5.91 Å². The van der Waals surface area contributed by atoms with Crippen LogP contribution in [0.2, 0.25) is 0 Å². The number of aromatic nitrogens is 4. The van der Waals surface area contributed by atoms with Crippen LogP contribution in [0.3, 0.4) is 0 Å². The van der Waals surface area contributed by atoms with E-state index >= 15 is 0 Å². The average Bonchev–Trinajstić information content (AvgIpc) is 2.69. The van der Waals surface area contributed by atoms with Gasteiger partial charge in [-0.1, -0.05) is 13.8 Å². The van der Waals surface area contributed by atoms with E-state index in [9.17, 15) is 14.0 Å². The largest absolute Gasteiger partial charge is 0.352 e. The van der Waals surface area contributed by atoms with E-state index in [0.29, 0.717) is 24.5 Å². The van der Waals surface area contributed by atoms with Crippen LogP contribution in [-0.2, 0) is 11.3 Å². The first-order valence-corrected chi connectivity index (χ1v) is 9.82. The third-order valence-corrected chi connectivity index (χ3v) is 5.30. The van der Waals surface area contributed by atoms with Gasteiger partial charge in [-0.2, -0.15) is 0 Å². The van der Waals surface area contributed by atoms with E-state index in [1.807, 2.05) is 13.8 Å². The van der Waals surface area contributed by atoms with Gasteiger partial charge in [0.25, 0.3) is 5.56 Å². The van der Waals surface area contributed by atoms with E-state index < -0.39 is 5.82 Å². The van der Waals surface area contributed by atoms with Crippen molar-refractivity contribution in [3.8, 4) is 0 Å². The summed E-state index contributed by atoms with van der Waals surface area (Å²) in [5, 5.41) is 0. The molecule has 1 atom stereocenters. The molecule has 1 aliphatic heterocycles. The minimum Gasteiger partial charge on any atom is -0.352 e. The minimum atomic E-state index is -0.411. The lowest BCUT2D eigenvalue weighted by molar-refractivity contribution is -0.133. The highest BCUT2D eigenvalue weighted by molar-refractivity contribution is 5.76. The summed E-state index contributed by atoms with van der Waals surface area (Å²) in [7, 11) is 1.79. The molecule has 1 fully saturated rings. The molecular weight excluding hydrogens is 375 g/mol. The van der Waals surface area contributed by atoms with Crippen LogP contribution in [0.4, 0.5) is 10.2 Å².